The number of rotatable bonds is 4. The Morgan fingerprint density at radius 2 is 2.53 bits per heavy atom. The minimum Gasteiger partial charge on any atom is -0.380 e. The van der Waals surface area contributed by atoms with Crippen LogP contribution in [0.25, 0.3) is 0 Å². The van der Waals surface area contributed by atoms with E-state index < -0.39 is 0 Å². The molecule has 82 valence electrons. The number of nitrogens with one attached hydrogen (secondary N) is 2. The number of nitrogens with zero attached hydrogens (tertiary/aromatic N) is 1. The van der Waals surface area contributed by atoms with Gasteiger partial charge < -0.3 is 15.4 Å². The molecule has 0 spiro atoms. The average Bonchev–Trinajstić information content (AvgIpc) is 2.71. The molecular formula is C11H17N3O. The van der Waals surface area contributed by atoms with Gasteiger partial charge in [-0.1, -0.05) is 0 Å². The second-order valence-corrected chi connectivity index (χ2v) is 3.66. The van der Waals surface area contributed by atoms with E-state index in [0.717, 1.165) is 37.7 Å². The lowest BCUT2D eigenvalue weighted by Crippen LogP contribution is -2.18. The molecule has 0 saturated carbocycles. The summed E-state index contributed by atoms with van der Waals surface area (Å²) in [7, 11) is 0. The number of ether oxygens (including phenoxy) is 1. The molecule has 0 radical (unpaired) electrons. The van der Waals surface area contributed by atoms with Crippen molar-refractivity contribution in [3.63, 3.8) is 0 Å². The Morgan fingerprint density at radius 1 is 1.60 bits per heavy atom. The maximum atomic E-state index is 5.31. The molecule has 2 rings (SSSR count). The molecule has 4 heteroatoms. The van der Waals surface area contributed by atoms with Crippen molar-refractivity contribution in [1.82, 2.24) is 4.98 Å². The summed E-state index contributed by atoms with van der Waals surface area (Å²) in [6.45, 7) is 4.62. The molecule has 15 heavy (non-hydrogen) atoms. The van der Waals surface area contributed by atoms with Crippen molar-refractivity contribution in [3.8, 4) is 0 Å². The van der Waals surface area contributed by atoms with Crippen LogP contribution >= 0.6 is 0 Å². The highest BCUT2D eigenvalue weighted by molar-refractivity contribution is 5.52. The molecule has 1 aliphatic heterocycles. The van der Waals surface area contributed by atoms with Crippen LogP contribution in [0.15, 0.2) is 18.3 Å². The Bertz CT molecular complexity index is 310. The summed E-state index contributed by atoms with van der Waals surface area (Å²) in [4.78, 5) is 4.22. The standard InChI is InChI=1S/C11H17N3O/c1-2-12-11-7-9(3-5-13-11)14-10-4-6-15-8-10/h3,5,7,10H,2,4,6,8H2,1H3,(H2,12,13,14). The molecule has 4 nitrogen and oxygen atoms in total. The van der Waals surface area contributed by atoms with Crippen molar-refractivity contribution in [2.75, 3.05) is 30.4 Å². The molecule has 0 aliphatic carbocycles. The largest absolute Gasteiger partial charge is 0.380 e. The Labute approximate surface area is 90.0 Å². The van der Waals surface area contributed by atoms with Crippen molar-refractivity contribution in [1.29, 1.82) is 0 Å². The van der Waals surface area contributed by atoms with E-state index in [1.165, 1.54) is 0 Å². The first-order valence-corrected chi connectivity index (χ1v) is 5.42. The van der Waals surface area contributed by atoms with Crippen LogP contribution in [0.5, 0.6) is 0 Å². The molecule has 1 unspecified atom stereocenters. The summed E-state index contributed by atoms with van der Waals surface area (Å²) in [5.74, 6) is 0.918. The fraction of sp³-hybridized carbons (Fsp3) is 0.545. The fourth-order valence-electron chi connectivity index (χ4n) is 1.68. The second kappa shape index (κ2) is 4.98. The molecule has 0 amide bonds. The predicted octanol–water partition coefficient (Wildman–Crippen LogP) is 1.71. The highest BCUT2D eigenvalue weighted by atomic mass is 16.5. The summed E-state index contributed by atoms with van der Waals surface area (Å²) in [5.41, 5.74) is 1.11. The minimum atomic E-state index is 0.446. The summed E-state index contributed by atoms with van der Waals surface area (Å²) in [6.07, 6.45) is 2.90. The first-order chi connectivity index (χ1) is 7.38. The monoisotopic (exact) mass is 207 g/mol. The van der Waals surface area contributed by atoms with E-state index in [2.05, 4.69) is 22.5 Å². The molecule has 1 saturated heterocycles. The molecule has 1 fully saturated rings. The Hall–Kier alpha value is -1.29. The minimum absolute atomic E-state index is 0.446. The van der Waals surface area contributed by atoms with Gasteiger partial charge in [0.1, 0.15) is 5.82 Å². The molecule has 2 heterocycles. The van der Waals surface area contributed by atoms with Crippen molar-refractivity contribution in [3.05, 3.63) is 18.3 Å². The third kappa shape index (κ3) is 2.83. The van der Waals surface area contributed by atoms with Crippen LogP contribution in [-0.4, -0.2) is 30.8 Å². The third-order valence-electron chi connectivity index (χ3n) is 2.42. The van der Waals surface area contributed by atoms with E-state index in [1.807, 2.05) is 18.3 Å². The summed E-state index contributed by atoms with van der Waals surface area (Å²) >= 11 is 0. The zero-order chi connectivity index (χ0) is 10.5. The molecule has 0 aromatic carbocycles. The maximum Gasteiger partial charge on any atom is 0.127 e. The van der Waals surface area contributed by atoms with E-state index in [4.69, 9.17) is 4.74 Å². The van der Waals surface area contributed by atoms with E-state index >= 15 is 0 Å². The highest BCUT2D eigenvalue weighted by Crippen LogP contribution is 2.16. The topological polar surface area (TPSA) is 46.2 Å². The first-order valence-electron chi connectivity index (χ1n) is 5.42. The second-order valence-electron chi connectivity index (χ2n) is 3.66. The van der Waals surface area contributed by atoms with Gasteiger partial charge in [-0.3, -0.25) is 0 Å². The number of anilines is 2. The maximum absolute atomic E-state index is 5.31. The molecule has 0 bridgehead atoms. The molecule has 1 aromatic heterocycles. The Morgan fingerprint density at radius 3 is 3.27 bits per heavy atom. The van der Waals surface area contributed by atoms with Crippen LogP contribution in [0, 0.1) is 0 Å². The van der Waals surface area contributed by atoms with Crippen LogP contribution in [0.2, 0.25) is 0 Å². The zero-order valence-corrected chi connectivity index (χ0v) is 8.99. The van der Waals surface area contributed by atoms with Crippen molar-refractivity contribution >= 4 is 11.5 Å². The van der Waals surface area contributed by atoms with Crippen LogP contribution in [0.3, 0.4) is 0 Å². The number of pyridine rings is 1. The van der Waals surface area contributed by atoms with Gasteiger partial charge in [-0.2, -0.15) is 0 Å². The van der Waals surface area contributed by atoms with E-state index in [9.17, 15) is 0 Å². The SMILES string of the molecule is CCNc1cc(NC2CCOC2)ccn1. The summed E-state index contributed by atoms with van der Waals surface area (Å²) < 4.78 is 5.31. The normalized spacial score (nSPS) is 20.2. The van der Waals surface area contributed by atoms with Crippen molar-refractivity contribution in [2.24, 2.45) is 0 Å². The Kier molecular flexibility index (Phi) is 3.40. The fourth-order valence-corrected chi connectivity index (χ4v) is 1.68. The molecule has 1 aliphatic rings. The number of hydrogen-bond donors (Lipinski definition) is 2. The van der Waals surface area contributed by atoms with Gasteiger partial charge in [-0.25, -0.2) is 4.98 Å². The highest BCUT2D eigenvalue weighted by Gasteiger charge is 2.14. The van der Waals surface area contributed by atoms with E-state index in [0.29, 0.717) is 6.04 Å². The van der Waals surface area contributed by atoms with Crippen LogP contribution in [0.1, 0.15) is 13.3 Å². The third-order valence-corrected chi connectivity index (χ3v) is 2.42. The van der Waals surface area contributed by atoms with Gasteiger partial charge in [0.05, 0.1) is 12.6 Å². The van der Waals surface area contributed by atoms with Gasteiger partial charge in [0.15, 0.2) is 0 Å². The molecule has 1 atom stereocenters. The van der Waals surface area contributed by atoms with Gasteiger partial charge in [-0.15, -0.1) is 0 Å². The zero-order valence-electron chi connectivity index (χ0n) is 8.99. The van der Waals surface area contributed by atoms with Gasteiger partial charge in [0.25, 0.3) is 0 Å². The van der Waals surface area contributed by atoms with Crippen LogP contribution in [-0.2, 0) is 4.74 Å². The Balaban J connectivity index is 1.97. The lowest BCUT2D eigenvalue weighted by atomic mass is 10.2. The van der Waals surface area contributed by atoms with Gasteiger partial charge in [0, 0.05) is 31.1 Å². The van der Waals surface area contributed by atoms with E-state index in [1.54, 1.807) is 0 Å². The smallest absolute Gasteiger partial charge is 0.127 e. The predicted molar refractivity (Wildman–Crippen MR) is 61.2 cm³/mol. The average molecular weight is 207 g/mol. The molecular weight excluding hydrogens is 190 g/mol. The van der Waals surface area contributed by atoms with Crippen molar-refractivity contribution in [2.45, 2.75) is 19.4 Å². The van der Waals surface area contributed by atoms with Gasteiger partial charge in [-0.05, 0) is 19.4 Å². The van der Waals surface area contributed by atoms with Crippen LogP contribution in [0.4, 0.5) is 11.5 Å². The van der Waals surface area contributed by atoms with Gasteiger partial charge >= 0.3 is 0 Å². The van der Waals surface area contributed by atoms with Crippen molar-refractivity contribution < 1.29 is 4.74 Å². The number of aromatic nitrogens is 1. The summed E-state index contributed by atoms with van der Waals surface area (Å²) in [5, 5.41) is 6.63. The quantitative estimate of drug-likeness (QED) is 0.789. The van der Waals surface area contributed by atoms with Crippen LogP contribution < -0.4 is 10.6 Å². The molecule has 1 aromatic rings. The molecule has 2 N–H and O–H groups in total. The van der Waals surface area contributed by atoms with Gasteiger partial charge in [0.2, 0.25) is 0 Å². The lowest BCUT2D eigenvalue weighted by molar-refractivity contribution is 0.195. The summed E-state index contributed by atoms with van der Waals surface area (Å²) in [6, 6.07) is 4.46. The first kappa shape index (κ1) is 10.2. The lowest BCUT2D eigenvalue weighted by Gasteiger charge is -2.12. The number of hydrogen-bond acceptors (Lipinski definition) is 4. The van der Waals surface area contributed by atoms with E-state index in [-0.39, 0.29) is 0 Å².